The van der Waals surface area contributed by atoms with Gasteiger partial charge < -0.3 is 9.84 Å². The van der Waals surface area contributed by atoms with Gasteiger partial charge in [0.25, 0.3) is 0 Å². The average Bonchev–Trinajstić information content (AvgIpc) is 2.17. The van der Waals surface area contributed by atoms with E-state index in [-0.39, 0.29) is 18.9 Å². The molecule has 0 aromatic carbocycles. The standard InChI is InChI=1S/C9H10ClNO3/c1-2-14-9(13)8-4-6(10)3-7(5-12)11-8/h3-4,12H,2,5H2,1H3. The molecule has 5 heteroatoms. The van der Waals surface area contributed by atoms with Gasteiger partial charge in [-0.1, -0.05) is 11.6 Å². The van der Waals surface area contributed by atoms with Crippen LogP contribution in [0.1, 0.15) is 23.1 Å². The molecule has 0 unspecified atom stereocenters. The van der Waals surface area contributed by atoms with Gasteiger partial charge in [0.15, 0.2) is 0 Å². The van der Waals surface area contributed by atoms with Crippen LogP contribution in [0, 0.1) is 0 Å². The van der Waals surface area contributed by atoms with Gasteiger partial charge in [-0.25, -0.2) is 9.78 Å². The van der Waals surface area contributed by atoms with Crippen molar-refractivity contribution in [3.63, 3.8) is 0 Å². The molecule has 1 N–H and O–H groups in total. The van der Waals surface area contributed by atoms with Gasteiger partial charge in [-0.3, -0.25) is 0 Å². The van der Waals surface area contributed by atoms with Crippen molar-refractivity contribution in [3.05, 3.63) is 28.5 Å². The lowest BCUT2D eigenvalue weighted by Crippen LogP contribution is -2.08. The molecule has 0 fully saturated rings. The van der Waals surface area contributed by atoms with E-state index >= 15 is 0 Å². The number of aliphatic hydroxyl groups is 1. The van der Waals surface area contributed by atoms with E-state index in [1.54, 1.807) is 6.92 Å². The lowest BCUT2D eigenvalue weighted by atomic mass is 10.3. The molecule has 0 spiro atoms. The number of pyridine rings is 1. The van der Waals surface area contributed by atoms with E-state index in [4.69, 9.17) is 21.4 Å². The second-order valence-electron chi connectivity index (χ2n) is 2.54. The van der Waals surface area contributed by atoms with Gasteiger partial charge >= 0.3 is 5.97 Å². The molecule has 1 heterocycles. The summed E-state index contributed by atoms with van der Waals surface area (Å²) in [6, 6.07) is 2.89. The Kier molecular flexibility index (Phi) is 3.85. The van der Waals surface area contributed by atoms with Gasteiger partial charge in [0.1, 0.15) is 5.69 Å². The van der Waals surface area contributed by atoms with E-state index < -0.39 is 5.97 Å². The van der Waals surface area contributed by atoms with Crippen LogP contribution < -0.4 is 0 Å². The third kappa shape index (κ3) is 2.68. The summed E-state index contributed by atoms with van der Waals surface area (Å²) < 4.78 is 4.74. The molecule has 0 bridgehead atoms. The number of halogens is 1. The molecular weight excluding hydrogens is 206 g/mol. The normalized spacial score (nSPS) is 9.93. The van der Waals surface area contributed by atoms with E-state index in [2.05, 4.69) is 4.98 Å². The number of esters is 1. The number of rotatable bonds is 3. The van der Waals surface area contributed by atoms with Gasteiger partial charge in [-0.2, -0.15) is 0 Å². The van der Waals surface area contributed by atoms with Gasteiger partial charge in [-0.05, 0) is 19.1 Å². The van der Waals surface area contributed by atoms with Crippen LogP contribution in [0.25, 0.3) is 0 Å². The molecule has 1 aromatic heterocycles. The lowest BCUT2D eigenvalue weighted by molar-refractivity contribution is 0.0519. The van der Waals surface area contributed by atoms with E-state index in [9.17, 15) is 4.79 Å². The molecule has 14 heavy (non-hydrogen) atoms. The molecule has 4 nitrogen and oxygen atoms in total. The summed E-state index contributed by atoms with van der Waals surface area (Å²) in [5.74, 6) is -0.537. The zero-order valence-corrected chi connectivity index (χ0v) is 8.41. The molecule has 0 aliphatic rings. The van der Waals surface area contributed by atoms with E-state index in [1.165, 1.54) is 12.1 Å². The fraction of sp³-hybridized carbons (Fsp3) is 0.333. The first-order valence-corrected chi connectivity index (χ1v) is 4.49. The minimum atomic E-state index is -0.537. The maximum absolute atomic E-state index is 11.2. The van der Waals surface area contributed by atoms with Crippen molar-refractivity contribution in [2.75, 3.05) is 6.61 Å². The topological polar surface area (TPSA) is 59.4 Å². The Labute approximate surface area is 86.5 Å². The van der Waals surface area contributed by atoms with Gasteiger partial charge in [-0.15, -0.1) is 0 Å². The Hall–Kier alpha value is -1.13. The van der Waals surface area contributed by atoms with Crippen LogP contribution in [-0.4, -0.2) is 22.7 Å². The molecule has 76 valence electrons. The first-order chi connectivity index (χ1) is 6.67. The number of hydrogen-bond donors (Lipinski definition) is 1. The first-order valence-electron chi connectivity index (χ1n) is 4.11. The maximum Gasteiger partial charge on any atom is 0.356 e. The summed E-state index contributed by atoms with van der Waals surface area (Å²) in [6.07, 6.45) is 0. The molecule has 1 rings (SSSR count). The third-order valence-corrected chi connectivity index (χ3v) is 1.71. The monoisotopic (exact) mass is 215 g/mol. The van der Waals surface area contributed by atoms with E-state index in [0.717, 1.165) is 0 Å². The number of aliphatic hydroxyl groups excluding tert-OH is 1. The molecular formula is C9H10ClNO3. The molecule has 0 aliphatic heterocycles. The molecule has 0 radical (unpaired) electrons. The minimum Gasteiger partial charge on any atom is -0.461 e. The van der Waals surface area contributed by atoms with Crippen LogP contribution >= 0.6 is 11.6 Å². The number of carbonyl (C=O) groups excluding carboxylic acids is 1. The van der Waals surface area contributed by atoms with E-state index in [1.807, 2.05) is 0 Å². The zero-order chi connectivity index (χ0) is 10.6. The number of carbonyl (C=O) groups is 1. The van der Waals surface area contributed by atoms with Crippen LogP contribution in [0.15, 0.2) is 12.1 Å². The maximum atomic E-state index is 11.2. The highest BCUT2D eigenvalue weighted by Crippen LogP contribution is 2.12. The van der Waals surface area contributed by atoms with Crippen LogP contribution in [-0.2, 0) is 11.3 Å². The highest BCUT2D eigenvalue weighted by Gasteiger charge is 2.10. The number of aromatic nitrogens is 1. The lowest BCUT2D eigenvalue weighted by Gasteiger charge is -2.03. The van der Waals surface area contributed by atoms with Gasteiger partial charge in [0.2, 0.25) is 0 Å². The number of ether oxygens (including phenoxy) is 1. The average molecular weight is 216 g/mol. The van der Waals surface area contributed by atoms with Gasteiger partial charge in [0.05, 0.1) is 18.9 Å². The number of nitrogens with zero attached hydrogens (tertiary/aromatic N) is 1. The van der Waals surface area contributed by atoms with Crippen molar-refractivity contribution in [2.45, 2.75) is 13.5 Å². The SMILES string of the molecule is CCOC(=O)c1cc(Cl)cc(CO)n1. The van der Waals surface area contributed by atoms with Crippen molar-refractivity contribution < 1.29 is 14.6 Å². The van der Waals surface area contributed by atoms with E-state index in [0.29, 0.717) is 10.7 Å². The number of hydrogen-bond acceptors (Lipinski definition) is 4. The summed E-state index contributed by atoms with van der Waals surface area (Å²) in [5.41, 5.74) is 0.462. The Morgan fingerprint density at radius 3 is 2.93 bits per heavy atom. The Bertz CT molecular complexity index is 341. The molecule has 0 atom stereocenters. The summed E-state index contributed by atoms with van der Waals surface area (Å²) in [6.45, 7) is 1.73. The predicted octanol–water partition coefficient (Wildman–Crippen LogP) is 1.40. The summed E-state index contributed by atoms with van der Waals surface area (Å²) in [4.78, 5) is 15.1. The fourth-order valence-corrected chi connectivity index (χ4v) is 1.17. The molecule has 0 aliphatic carbocycles. The Balaban J connectivity index is 2.96. The minimum absolute atomic E-state index is 0.114. The van der Waals surface area contributed by atoms with Crippen LogP contribution in [0.4, 0.5) is 0 Å². The largest absolute Gasteiger partial charge is 0.461 e. The molecule has 0 saturated heterocycles. The third-order valence-electron chi connectivity index (χ3n) is 1.49. The zero-order valence-electron chi connectivity index (χ0n) is 7.66. The highest BCUT2D eigenvalue weighted by atomic mass is 35.5. The summed E-state index contributed by atoms with van der Waals surface area (Å²) in [7, 11) is 0. The second kappa shape index (κ2) is 4.93. The Morgan fingerprint density at radius 2 is 2.36 bits per heavy atom. The van der Waals surface area contributed by atoms with Gasteiger partial charge in [0, 0.05) is 5.02 Å². The molecule has 0 amide bonds. The fourth-order valence-electron chi connectivity index (χ4n) is 0.941. The summed E-state index contributed by atoms with van der Waals surface area (Å²) in [5, 5.41) is 9.18. The molecule has 1 aromatic rings. The Morgan fingerprint density at radius 1 is 1.64 bits per heavy atom. The van der Waals surface area contributed by atoms with Crippen LogP contribution in [0.2, 0.25) is 5.02 Å². The van der Waals surface area contributed by atoms with Crippen LogP contribution in [0.5, 0.6) is 0 Å². The summed E-state index contributed by atoms with van der Waals surface area (Å²) >= 11 is 5.71. The second-order valence-corrected chi connectivity index (χ2v) is 2.98. The van der Waals surface area contributed by atoms with Crippen LogP contribution in [0.3, 0.4) is 0 Å². The van der Waals surface area contributed by atoms with Crippen molar-refractivity contribution >= 4 is 17.6 Å². The van der Waals surface area contributed by atoms with Crippen molar-refractivity contribution in [3.8, 4) is 0 Å². The molecule has 0 saturated carbocycles. The smallest absolute Gasteiger partial charge is 0.356 e. The predicted molar refractivity (Wildman–Crippen MR) is 51.1 cm³/mol. The highest BCUT2D eigenvalue weighted by molar-refractivity contribution is 6.30. The quantitative estimate of drug-likeness (QED) is 0.775. The van der Waals surface area contributed by atoms with Crippen molar-refractivity contribution in [1.29, 1.82) is 0 Å². The first kappa shape index (κ1) is 10.9. The van der Waals surface area contributed by atoms with Crippen molar-refractivity contribution in [2.24, 2.45) is 0 Å². The van der Waals surface area contributed by atoms with Crippen molar-refractivity contribution in [1.82, 2.24) is 4.98 Å².